The summed E-state index contributed by atoms with van der Waals surface area (Å²) in [6, 6.07) is 20.6. The molecule has 3 rings (SSSR count). The van der Waals surface area contributed by atoms with E-state index >= 15 is 0 Å². The van der Waals surface area contributed by atoms with Gasteiger partial charge in [-0.05, 0) is 42.8 Å². The van der Waals surface area contributed by atoms with Crippen LogP contribution < -0.4 is 10.6 Å². The second-order valence-corrected chi connectivity index (χ2v) is 5.06. The molecule has 3 aromatic rings. The number of rotatable bonds is 4. The van der Waals surface area contributed by atoms with Crippen LogP contribution in [0.3, 0.4) is 0 Å². The van der Waals surface area contributed by atoms with Crippen molar-refractivity contribution in [1.82, 2.24) is 10.2 Å². The zero-order valence-corrected chi connectivity index (χ0v) is 12.7. The topological polar surface area (TPSA) is 66.9 Å². The molecular formula is C18H16N4O. The van der Waals surface area contributed by atoms with Crippen molar-refractivity contribution < 1.29 is 4.79 Å². The lowest BCUT2D eigenvalue weighted by Gasteiger charge is -2.08. The van der Waals surface area contributed by atoms with Gasteiger partial charge in [-0.1, -0.05) is 36.4 Å². The highest BCUT2D eigenvalue weighted by molar-refractivity contribution is 6.04. The molecule has 0 aliphatic carbocycles. The Kier molecular flexibility index (Phi) is 4.29. The molecule has 0 aliphatic heterocycles. The molecule has 0 spiro atoms. The van der Waals surface area contributed by atoms with Crippen LogP contribution >= 0.6 is 0 Å². The number of carbonyl (C=O) groups excluding carboxylic acids is 1. The fraction of sp³-hybridized carbons (Fsp3) is 0.0556. The van der Waals surface area contributed by atoms with Gasteiger partial charge in [0.15, 0.2) is 11.6 Å². The van der Waals surface area contributed by atoms with Gasteiger partial charge >= 0.3 is 0 Å². The van der Waals surface area contributed by atoms with E-state index in [4.69, 9.17) is 0 Å². The smallest absolute Gasteiger partial charge is 0.257 e. The predicted molar refractivity (Wildman–Crippen MR) is 90.9 cm³/mol. The molecule has 23 heavy (non-hydrogen) atoms. The summed E-state index contributed by atoms with van der Waals surface area (Å²) < 4.78 is 0. The average molecular weight is 304 g/mol. The van der Waals surface area contributed by atoms with E-state index in [2.05, 4.69) is 20.8 Å². The van der Waals surface area contributed by atoms with Gasteiger partial charge in [-0.3, -0.25) is 4.79 Å². The number of hydrogen-bond donors (Lipinski definition) is 2. The van der Waals surface area contributed by atoms with Gasteiger partial charge in [0.25, 0.3) is 5.91 Å². The zero-order valence-electron chi connectivity index (χ0n) is 12.7. The van der Waals surface area contributed by atoms with Gasteiger partial charge in [-0.2, -0.15) is 0 Å². The molecule has 1 heterocycles. The van der Waals surface area contributed by atoms with E-state index in [1.807, 2.05) is 55.5 Å². The van der Waals surface area contributed by atoms with Gasteiger partial charge in [0.1, 0.15) is 0 Å². The van der Waals surface area contributed by atoms with E-state index in [0.29, 0.717) is 17.2 Å². The minimum absolute atomic E-state index is 0.193. The molecule has 0 saturated heterocycles. The summed E-state index contributed by atoms with van der Waals surface area (Å²) in [6.45, 7) is 1.90. The normalized spacial score (nSPS) is 10.1. The number of anilines is 3. The third-order valence-corrected chi connectivity index (χ3v) is 3.34. The van der Waals surface area contributed by atoms with Crippen LogP contribution in [0.15, 0.2) is 66.7 Å². The Hall–Kier alpha value is -3.21. The molecule has 2 N–H and O–H groups in total. The molecule has 5 nitrogen and oxygen atoms in total. The summed E-state index contributed by atoms with van der Waals surface area (Å²) >= 11 is 0. The third kappa shape index (κ3) is 3.71. The quantitative estimate of drug-likeness (QED) is 0.769. The van der Waals surface area contributed by atoms with Crippen molar-refractivity contribution >= 4 is 23.2 Å². The minimum atomic E-state index is -0.193. The van der Waals surface area contributed by atoms with Gasteiger partial charge in [0, 0.05) is 11.3 Å². The van der Waals surface area contributed by atoms with Crippen molar-refractivity contribution in [2.75, 3.05) is 10.6 Å². The minimum Gasteiger partial charge on any atom is -0.339 e. The van der Waals surface area contributed by atoms with Crippen LogP contribution in [0.2, 0.25) is 0 Å². The lowest BCUT2D eigenvalue weighted by Crippen LogP contribution is -2.14. The molecule has 0 aliphatic rings. The predicted octanol–water partition coefficient (Wildman–Crippen LogP) is 3.78. The Morgan fingerprint density at radius 2 is 1.48 bits per heavy atom. The average Bonchev–Trinajstić information content (AvgIpc) is 2.58. The SMILES string of the molecule is Cc1ccccc1C(=O)Nc1ccc(Nc2ccccc2)nn1. The zero-order chi connectivity index (χ0) is 16.1. The van der Waals surface area contributed by atoms with Crippen LogP contribution in [0.5, 0.6) is 0 Å². The maximum Gasteiger partial charge on any atom is 0.257 e. The molecule has 0 bridgehead atoms. The first-order chi connectivity index (χ1) is 11.2. The van der Waals surface area contributed by atoms with Crippen molar-refractivity contribution in [2.45, 2.75) is 6.92 Å². The Balaban J connectivity index is 1.68. The van der Waals surface area contributed by atoms with E-state index in [-0.39, 0.29) is 5.91 Å². The van der Waals surface area contributed by atoms with Crippen molar-refractivity contribution in [1.29, 1.82) is 0 Å². The Labute approximate surface area is 134 Å². The molecule has 1 amide bonds. The molecule has 0 unspecified atom stereocenters. The number of aromatic nitrogens is 2. The fourth-order valence-corrected chi connectivity index (χ4v) is 2.15. The van der Waals surface area contributed by atoms with E-state index in [0.717, 1.165) is 11.3 Å². The lowest BCUT2D eigenvalue weighted by atomic mass is 10.1. The maximum atomic E-state index is 12.2. The molecule has 2 aromatic carbocycles. The number of aryl methyl sites for hydroxylation is 1. The summed E-state index contributed by atoms with van der Waals surface area (Å²) in [5.41, 5.74) is 2.47. The van der Waals surface area contributed by atoms with E-state index in [1.54, 1.807) is 18.2 Å². The number of nitrogens with zero attached hydrogens (tertiary/aromatic N) is 2. The maximum absolute atomic E-state index is 12.2. The monoisotopic (exact) mass is 304 g/mol. The van der Waals surface area contributed by atoms with Crippen LogP contribution in [0.4, 0.5) is 17.3 Å². The van der Waals surface area contributed by atoms with Crippen molar-refractivity contribution in [3.05, 3.63) is 77.9 Å². The number of benzene rings is 2. The van der Waals surface area contributed by atoms with Crippen molar-refractivity contribution in [3.8, 4) is 0 Å². The second kappa shape index (κ2) is 6.70. The van der Waals surface area contributed by atoms with Crippen LogP contribution in [0, 0.1) is 6.92 Å². The van der Waals surface area contributed by atoms with Gasteiger partial charge < -0.3 is 10.6 Å². The van der Waals surface area contributed by atoms with Crippen molar-refractivity contribution in [3.63, 3.8) is 0 Å². The summed E-state index contributed by atoms with van der Waals surface area (Å²) in [5, 5.41) is 14.0. The highest BCUT2D eigenvalue weighted by Crippen LogP contribution is 2.15. The van der Waals surface area contributed by atoms with Crippen LogP contribution in [0.25, 0.3) is 0 Å². The largest absolute Gasteiger partial charge is 0.339 e. The molecule has 0 fully saturated rings. The Morgan fingerprint density at radius 1 is 0.826 bits per heavy atom. The summed E-state index contributed by atoms with van der Waals surface area (Å²) in [7, 11) is 0. The van der Waals surface area contributed by atoms with Crippen LogP contribution in [-0.2, 0) is 0 Å². The lowest BCUT2D eigenvalue weighted by molar-refractivity contribution is 0.102. The number of hydrogen-bond acceptors (Lipinski definition) is 4. The van der Waals surface area contributed by atoms with Gasteiger partial charge in [0.2, 0.25) is 0 Å². The second-order valence-electron chi connectivity index (χ2n) is 5.06. The number of nitrogens with one attached hydrogen (secondary N) is 2. The van der Waals surface area contributed by atoms with E-state index in [9.17, 15) is 4.79 Å². The molecule has 1 aromatic heterocycles. The molecule has 0 saturated carbocycles. The molecule has 114 valence electrons. The number of amides is 1. The Morgan fingerprint density at radius 3 is 2.17 bits per heavy atom. The first-order valence-electron chi connectivity index (χ1n) is 7.25. The summed E-state index contributed by atoms with van der Waals surface area (Å²) in [6.07, 6.45) is 0. The first-order valence-corrected chi connectivity index (χ1v) is 7.25. The van der Waals surface area contributed by atoms with Crippen LogP contribution in [-0.4, -0.2) is 16.1 Å². The van der Waals surface area contributed by atoms with Crippen molar-refractivity contribution in [2.24, 2.45) is 0 Å². The first kappa shape index (κ1) is 14.7. The molecule has 0 radical (unpaired) electrons. The number of para-hydroxylation sites is 1. The number of carbonyl (C=O) groups is 1. The van der Waals surface area contributed by atoms with E-state index in [1.165, 1.54) is 0 Å². The molecule has 0 atom stereocenters. The van der Waals surface area contributed by atoms with Crippen LogP contribution in [0.1, 0.15) is 15.9 Å². The molecular weight excluding hydrogens is 288 g/mol. The van der Waals surface area contributed by atoms with E-state index < -0.39 is 0 Å². The third-order valence-electron chi connectivity index (χ3n) is 3.34. The fourth-order valence-electron chi connectivity index (χ4n) is 2.15. The highest BCUT2D eigenvalue weighted by atomic mass is 16.1. The van der Waals surface area contributed by atoms with Gasteiger partial charge in [0.05, 0.1) is 0 Å². The summed E-state index contributed by atoms with van der Waals surface area (Å²) in [4.78, 5) is 12.2. The molecule has 5 heteroatoms. The van der Waals surface area contributed by atoms with Gasteiger partial charge in [-0.25, -0.2) is 0 Å². The summed E-state index contributed by atoms with van der Waals surface area (Å²) in [5.74, 6) is 0.836. The standard InChI is InChI=1S/C18H16N4O/c1-13-7-5-6-10-15(13)18(23)20-17-12-11-16(21-22-17)19-14-8-3-2-4-9-14/h2-12H,1H3,(H,19,21)(H,20,22,23). The Bertz CT molecular complexity index is 801. The van der Waals surface area contributed by atoms with Gasteiger partial charge in [-0.15, -0.1) is 10.2 Å². The highest BCUT2D eigenvalue weighted by Gasteiger charge is 2.09.